The van der Waals surface area contributed by atoms with Crippen LogP contribution in [0.2, 0.25) is 0 Å². The normalized spacial score (nSPS) is 8.75. The fourth-order valence-corrected chi connectivity index (χ4v) is 0.752. The fourth-order valence-electron chi connectivity index (χ4n) is 0.752. The van der Waals surface area contributed by atoms with Crippen molar-refractivity contribution in [1.82, 2.24) is 9.97 Å². The second-order valence-corrected chi connectivity index (χ2v) is 2.06. The number of carbonyl (C=O) groups is 1. The van der Waals surface area contributed by atoms with Crippen LogP contribution in [0, 0.1) is 6.92 Å². The van der Waals surface area contributed by atoms with Crippen LogP contribution in [0.5, 0.6) is 0 Å². The van der Waals surface area contributed by atoms with Gasteiger partial charge in [0.05, 0.1) is 5.56 Å². The maximum atomic E-state index is 10.8. The summed E-state index contributed by atoms with van der Waals surface area (Å²) in [6.45, 7) is 1.49. The number of H-pyrrole nitrogens is 2. The monoisotopic (exact) mass is 193 g/mol. The van der Waals surface area contributed by atoms with Gasteiger partial charge in [-0.3, -0.25) is 14.6 Å². The molecule has 0 aromatic carbocycles. The summed E-state index contributed by atoms with van der Waals surface area (Å²) < 4.78 is 0. The first-order chi connectivity index (χ1) is 5.15. The van der Waals surface area contributed by atoms with Gasteiger partial charge in [0.15, 0.2) is 6.29 Å². The molecule has 0 spiro atoms. The Labute approximate surface area is 110 Å². The van der Waals surface area contributed by atoms with Crippen molar-refractivity contribution in [2.75, 3.05) is 0 Å². The van der Waals surface area contributed by atoms with E-state index in [1.54, 1.807) is 0 Å². The third-order valence-corrected chi connectivity index (χ3v) is 1.29. The molecule has 0 unspecified atom stereocenters. The van der Waals surface area contributed by atoms with Crippen LogP contribution in [-0.4, -0.2) is 67.6 Å². The predicted molar refractivity (Wildman–Crippen MR) is 43.6 cm³/mol. The SMILES string of the molecule is Cc1[nH]c(=O)[nH]c(=O)c1C=O.[K]. The van der Waals surface area contributed by atoms with E-state index in [1.807, 2.05) is 4.98 Å². The third-order valence-electron chi connectivity index (χ3n) is 1.29. The molecular weight excluding hydrogens is 187 g/mol. The molecule has 0 saturated carbocycles. The van der Waals surface area contributed by atoms with Gasteiger partial charge < -0.3 is 4.98 Å². The van der Waals surface area contributed by atoms with E-state index in [0.29, 0.717) is 6.29 Å². The number of hydrogen-bond acceptors (Lipinski definition) is 3. The standard InChI is InChI=1S/C6H6N2O3.K/c1-3-4(2-9)5(10)8-6(11)7-3;/h2H,1H3,(H2,7,8,10,11);. The molecule has 1 rings (SSSR count). The topological polar surface area (TPSA) is 82.8 Å². The summed E-state index contributed by atoms with van der Waals surface area (Å²) in [7, 11) is 0. The van der Waals surface area contributed by atoms with Gasteiger partial charge in [0.2, 0.25) is 0 Å². The van der Waals surface area contributed by atoms with Crippen LogP contribution >= 0.6 is 0 Å². The van der Waals surface area contributed by atoms with Crippen LogP contribution in [0.3, 0.4) is 0 Å². The number of aromatic amines is 2. The van der Waals surface area contributed by atoms with Gasteiger partial charge in [-0.1, -0.05) is 0 Å². The molecular formula is C6H6KN2O3. The van der Waals surface area contributed by atoms with Crippen molar-refractivity contribution in [1.29, 1.82) is 0 Å². The van der Waals surface area contributed by atoms with E-state index in [0.717, 1.165) is 0 Å². The Morgan fingerprint density at radius 1 is 1.25 bits per heavy atom. The van der Waals surface area contributed by atoms with Crippen molar-refractivity contribution in [2.24, 2.45) is 0 Å². The minimum atomic E-state index is -0.652. The van der Waals surface area contributed by atoms with E-state index in [2.05, 4.69) is 4.98 Å². The van der Waals surface area contributed by atoms with Gasteiger partial charge in [-0.2, -0.15) is 0 Å². The van der Waals surface area contributed by atoms with Crippen LogP contribution in [0.1, 0.15) is 16.1 Å². The van der Waals surface area contributed by atoms with Crippen LogP contribution in [0.4, 0.5) is 0 Å². The molecule has 0 fully saturated rings. The second kappa shape index (κ2) is 4.88. The summed E-state index contributed by atoms with van der Waals surface area (Å²) in [5.74, 6) is 0. The van der Waals surface area contributed by atoms with Crippen molar-refractivity contribution >= 4 is 57.7 Å². The van der Waals surface area contributed by atoms with Gasteiger partial charge in [-0.25, -0.2) is 4.79 Å². The Kier molecular flexibility index (Phi) is 4.87. The zero-order valence-electron chi connectivity index (χ0n) is 6.80. The van der Waals surface area contributed by atoms with E-state index in [1.165, 1.54) is 6.92 Å². The molecule has 0 aliphatic rings. The molecule has 0 saturated heterocycles. The number of aldehydes is 1. The van der Waals surface area contributed by atoms with Gasteiger partial charge in [0.25, 0.3) is 5.56 Å². The maximum Gasteiger partial charge on any atom is 0.325 e. The van der Waals surface area contributed by atoms with Crippen LogP contribution < -0.4 is 11.2 Å². The maximum absolute atomic E-state index is 10.8. The molecule has 1 aromatic rings. The van der Waals surface area contributed by atoms with E-state index in [-0.39, 0.29) is 62.6 Å². The molecule has 59 valence electrons. The first-order valence-electron chi connectivity index (χ1n) is 2.93. The zero-order chi connectivity index (χ0) is 8.43. The van der Waals surface area contributed by atoms with Crippen molar-refractivity contribution in [3.8, 4) is 0 Å². The van der Waals surface area contributed by atoms with Crippen molar-refractivity contribution in [2.45, 2.75) is 6.92 Å². The van der Waals surface area contributed by atoms with Gasteiger partial charge in [-0.15, -0.1) is 0 Å². The molecule has 1 heterocycles. The zero-order valence-corrected chi connectivity index (χ0v) is 9.93. The minimum absolute atomic E-state index is 0. The van der Waals surface area contributed by atoms with E-state index in [9.17, 15) is 14.4 Å². The van der Waals surface area contributed by atoms with Crippen molar-refractivity contribution < 1.29 is 4.79 Å². The van der Waals surface area contributed by atoms with Gasteiger partial charge in [-0.05, 0) is 6.92 Å². The minimum Gasteiger partial charge on any atom is -0.311 e. The molecule has 0 aliphatic carbocycles. The predicted octanol–water partition coefficient (Wildman–Crippen LogP) is -1.20. The fraction of sp³-hybridized carbons (Fsp3) is 0.167. The van der Waals surface area contributed by atoms with E-state index in [4.69, 9.17) is 0 Å². The van der Waals surface area contributed by atoms with Crippen molar-refractivity contribution in [3.05, 3.63) is 32.1 Å². The summed E-state index contributed by atoms with van der Waals surface area (Å²) in [5.41, 5.74) is -1.00. The number of aryl methyl sites for hydroxylation is 1. The van der Waals surface area contributed by atoms with Crippen LogP contribution in [0.25, 0.3) is 0 Å². The molecule has 5 nitrogen and oxygen atoms in total. The Bertz CT molecular complexity index is 393. The van der Waals surface area contributed by atoms with Gasteiger partial charge in [0.1, 0.15) is 0 Å². The Morgan fingerprint density at radius 3 is 2.25 bits per heavy atom. The van der Waals surface area contributed by atoms with E-state index >= 15 is 0 Å². The summed E-state index contributed by atoms with van der Waals surface area (Å²) in [6, 6.07) is 0. The molecule has 12 heavy (non-hydrogen) atoms. The molecule has 0 amide bonds. The molecule has 0 atom stereocenters. The molecule has 1 aromatic heterocycles. The molecule has 0 bridgehead atoms. The number of aromatic nitrogens is 2. The van der Waals surface area contributed by atoms with Gasteiger partial charge >= 0.3 is 5.69 Å². The first kappa shape index (κ1) is 12.0. The largest absolute Gasteiger partial charge is 0.325 e. The summed E-state index contributed by atoms with van der Waals surface area (Å²) in [6.07, 6.45) is 0.407. The molecule has 6 heteroatoms. The van der Waals surface area contributed by atoms with Gasteiger partial charge in [0, 0.05) is 57.1 Å². The number of rotatable bonds is 1. The number of nitrogens with one attached hydrogen (secondary N) is 2. The quantitative estimate of drug-likeness (QED) is 0.434. The van der Waals surface area contributed by atoms with E-state index < -0.39 is 11.2 Å². The Balaban J connectivity index is 0.00000121. The third kappa shape index (κ3) is 2.49. The summed E-state index contributed by atoms with van der Waals surface area (Å²) in [5, 5.41) is 0. The average molecular weight is 193 g/mol. The second-order valence-electron chi connectivity index (χ2n) is 2.06. The van der Waals surface area contributed by atoms with Crippen LogP contribution in [-0.2, 0) is 0 Å². The first-order valence-corrected chi connectivity index (χ1v) is 2.93. The molecule has 1 radical (unpaired) electrons. The van der Waals surface area contributed by atoms with Crippen LogP contribution in [0.15, 0.2) is 9.59 Å². The average Bonchev–Trinajstić information content (AvgIpc) is 1.85. The van der Waals surface area contributed by atoms with Crippen molar-refractivity contribution in [3.63, 3.8) is 0 Å². The molecule has 2 N–H and O–H groups in total. The Morgan fingerprint density at radius 2 is 1.83 bits per heavy atom. The number of hydrogen-bond donors (Lipinski definition) is 2. The molecule has 0 aliphatic heterocycles. The Hall–Kier alpha value is -0.0136. The summed E-state index contributed by atoms with van der Waals surface area (Å²) >= 11 is 0. The number of carbonyl (C=O) groups excluding carboxylic acids is 1. The summed E-state index contributed by atoms with van der Waals surface area (Å²) in [4.78, 5) is 35.8. The smallest absolute Gasteiger partial charge is 0.311 e.